The van der Waals surface area contributed by atoms with Gasteiger partial charge in [-0.1, -0.05) is 37.3 Å². The standard InChI is InChI=1S/C31H31ClN4O5S/c1-17(37)22-14-27-23(13-26(22)32)25(15-36(27)2)24(11-18-5-3-4-6-18)29(39)35-31-34-21(16-42-31)12-28(38)33-20-9-7-19(8-10-20)30(40)41/h7-10,13-16,18,24H,3-6,11-12H2,1-2H3,(H,33,38)(H,40,41)(H,34,35,39). The molecule has 0 radical (unpaired) electrons. The molecule has 42 heavy (non-hydrogen) atoms. The number of carboxylic acids is 1. The average molecular weight is 607 g/mol. The fourth-order valence-electron chi connectivity index (χ4n) is 5.64. The number of carbonyl (C=O) groups excluding carboxylic acids is 3. The van der Waals surface area contributed by atoms with Gasteiger partial charge in [0, 0.05) is 40.8 Å². The Bertz CT molecular complexity index is 1670. The first-order valence-corrected chi connectivity index (χ1v) is 15.0. The van der Waals surface area contributed by atoms with Crippen LogP contribution >= 0.6 is 22.9 Å². The minimum absolute atomic E-state index is 0.00113. The predicted octanol–water partition coefficient (Wildman–Crippen LogP) is 6.67. The number of benzene rings is 2. The molecule has 1 aliphatic rings. The molecular weight excluding hydrogens is 576 g/mol. The van der Waals surface area contributed by atoms with Crippen LogP contribution in [0.5, 0.6) is 0 Å². The van der Waals surface area contributed by atoms with Crippen LogP contribution in [0.3, 0.4) is 0 Å². The van der Waals surface area contributed by atoms with E-state index in [1.807, 2.05) is 17.8 Å². The number of halogens is 1. The van der Waals surface area contributed by atoms with Crippen molar-refractivity contribution in [2.75, 3.05) is 10.6 Å². The Balaban J connectivity index is 1.33. The van der Waals surface area contributed by atoms with Gasteiger partial charge in [-0.05, 0) is 61.2 Å². The van der Waals surface area contributed by atoms with E-state index in [1.54, 1.807) is 17.5 Å². The summed E-state index contributed by atoms with van der Waals surface area (Å²) in [4.78, 5) is 53.9. The Hall–Kier alpha value is -4.02. The highest BCUT2D eigenvalue weighted by Crippen LogP contribution is 2.39. The molecule has 0 aliphatic heterocycles. The molecule has 1 atom stereocenters. The number of aromatic carboxylic acids is 1. The van der Waals surface area contributed by atoms with E-state index in [0.29, 0.717) is 39.4 Å². The maximum Gasteiger partial charge on any atom is 0.335 e. The second-order valence-electron chi connectivity index (χ2n) is 10.8. The SMILES string of the molecule is CC(=O)c1cc2c(cc1Cl)c(C(CC1CCCC1)C(=O)Nc1nc(CC(=O)Nc3ccc(C(=O)O)cc3)cs1)cn2C. The largest absolute Gasteiger partial charge is 0.478 e. The Kier molecular flexibility index (Phi) is 8.74. The Labute approximate surface area is 251 Å². The summed E-state index contributed by atoms with van der Waals surface area (Å²) in [6.45, 7) is 1.48. The van der Waals surface area contributed by atoms with Crippen molar-refractivity contribution in [1.82, 2.24) is 9.55 Å². The van der Waals surface area contributed by atoms with Gasteiger partial charge in [-0.15, -0.1) is 11.3 Å². The van der Waals surface area contributed by atoms with Gasteiger partial charge in [0.1, 0.15) is 0 Å². The van der Waals surface area contributed by atoms with E-state index in [1.165, 1.54) is 42.5 Å². The molecule has 0 saturated heterocycles. The van der Waals surface area contributed by atoms with Crippen molar-refractivity contribution in [1.29, 1.82) is 0 Å². The zero-order valence-electron chi connectivity index (χ0n) is 23.3. The number of carbonyl (C=O) groups is 4. The average Bonchev–Trinajstić information content (AvgIpc) is 3.68. The molecule has 11 heteroatoms. The van der Waals surface area contributed by atoms with Gasteiger partial charge in [0.2, 0.25) is 11.8 Å². The zero-order valence-corrected chi connectivity index (χ0v) is 24.8. The highest BCUT2D eigenvalue weighted by atomic mass is 35.5. The first-order chi connectivity index (χ1) is 20.1. The Morgan fingerprint density at radius 2 is 1.83 bits per heavy atom. The van der Waals surface area contributed by atoms with Gasteiger partial charge in [-0.25, -0.2) is 9.78 Å². The third-order valence-electron chi connectivity index (χ3n) is 7.76. The van der Waals surface area contributed by atoms with Crippen molar-refractivity contribution in [3.05, 3.63) is 75.4 Å². The zero-order chi connectivity index (χ0) is 30.0. The third kappa shape index (κ3) is 6.55. The van der Waals surface area contributed by atoms with Crippen LogP contribution in [0.2, 0.25) is 5.02 Å². The second kappa shape index (κ2) is 12.5. The molecule has 218 valence electrons. The molecule has 1 unspecified atom stereocenters. The Morgan fingerprint density at radius 3 is 2.50 bits per heavy atom. The number of thiazole rings is 1. The number of ketones is 1. The first-order valence-electron chi connectivity index (χ1n) is 13.8. The molecule has 3 N–H and O–H groups in total. The van der Waals surface area contributed by atoms with Crippen molar-refractivity contribution in [2.24, 2.45) is 13.0 Å². The van der Waals surface area contributed by atoms with Crippen LogP contribution in [0.15, 0.2) is 48.0 Å². The summed E-state index contributed by atoms with van der Waals surface area (Å²) in [7, 11) is 1.90. The van der Waals surface area contributed by atoms with Gasteiger partial charge in [-0.2, -0.15) is 0 Å². The number of nitrogens with one attached hydrogen (secondary N) is 2. The third-order valence-corrected chi connectivity index (χ3v) is 8.88. The van der Waals surface area contributed by atoms with Crippen molar-refractivity contribution in [3.63, 3.8) is 0 Å². The number of rotatable bonds is 10. The maximum absolute atomic E-state index is 13.8. The normalized spacial score (nSPS) is 14.2. The van der Waals surface area contributed by atoms with E-state index in [9.17, 15) is 19.2 Å². The van der Waals surface area contributed by atoms with E-state index >= 15 is 0 Å². The van der Waals surface area contributed by atoms with Gasteiger partial charge in [0.15, 0.2) is 10.9 Å². The van der Waals surface area contributed by atoms with Crippen LogP contribution in [0, 0.1) is 5.92 Å². The predicted molar refractivity (Wildman–Crippen MR) is 164 cm³/mol. The molecule has 2 heterocycles. The number of Topliss-reactive ketones (excluding diaryl/α,β-unsaturated/α-hetero) is 1. The number of hydrogen-bond acceptors (Lipinski definition) is 6. The summed E-state index contributed by atoms with van der Waals surface area (Å²) in [6, 6.07) is 9.46. The molecule has 5 rings (SSSR count). The van der Waals surface area contributed by atoms with Crippen LogP contribution in [-0.2, 0) is 23.1 Å². The molecule has 2 aromatic carbocycles. The number of aryl methyl sites for hydroxylation is 1. The maximum atomic E-state index is 13.8. The molecule has 4 aromatic rings. The fraction of sp³-hybridized carbons (Fsp3) is 0.323. The highest BCUT2D eigenvalue weighted by molar-refractivity contribution is 7.14. The number of fused-ring (bicyclic) bond motifs is 1. The molecule has 2 aromatic heterocycles. The Morgan fingerprint density at radius 1 is 1.12 bits per heavy atom. The summed E-state index contributed by atoms with van der Waals surface area (Å²) in [5.41, 5.74) is 3.27. The van der Waals surface area contributed by atoms with Gasteiger partial charge in [-0.3, -0.25) is 14.4 Å². The molecule has 1 aliphatic carbocycles. The van der Waals surface area contributed by atoms with E-state index < -0.39 is 11.9 Å². The lowest BCUT2D eigenvalue weighted by atomic mass is 9.87. The number of anilines is 2. The summed E-state index contributed by atoms with van der Waals surface area (Å²) >= 11 is 7.73. The quantitative estimate of drug-likeness (QED) is 0.173. The molecule has 0 bridgehead atoms. The molecule has 1 fully saturated rings. The van der Waals surface area contributed by atoms with E-state index in [4.69, 9.17) is 16.7 Å². The number of carboxylic acid groups (broad SMARTS) is 1. The number of amides is 2. The highest BCUT2D eigenvalue weighted by Gasteiger charge is 2.30. The second-order valence-corrected chi connectivity index (χ2v) is 12.0. The van der Waals surface area contributed by atoms with Crippen molar-refractivity contribution < 1.29 is 24.3 Å². The summed E-state index contributed by atoms with van der Waals surface area (Å²) in [6.07, 6.45) is 7.12. The molecule has 9 nitrogen and oxygen atoms in total. The molecule has 2 amide bonds. The lowest BCUT2D eigenvalue weighted by molar-refractivity contribution is -0.118. The summed E-state index contributed by atoms with van der Waals surface area (Å²) in [5.74, 6) is -1.65. The number of aromatic nitrogens is 2. The minimum Gasteiger partial charge on any atom is -0.478 e. The van der Waals surface area contributed by atoms with Crippen LogP contribution in [0.4, 0.5) is 10.8 Å². The lowest BCUT2D eigenvalue weighted by Crippen LogP contribution is -2.23. The van der Waals surface area contributed by atoms with Gasteiger partial charge in [0.05, 0.1) is 28.6 Å². The molecular formula is C31H31ClN4O5S. The van der Waals surface area contributed by atoms with Gasteiger partial charge < -0.3 is 20.3 Å². The molecule has 0 spiro atoms. The van der Waals surface area contributed by atoms with Crippen LogP contribution in [0.25, 0.3) is 10.9 Å². The van der Waals surface area contributed by atoms with E-state index in [0.717, 1.165) is 42.1 Å². The summed E-state index contributed by atoms with van der Waals surface area (Å²) < 4.78 is 1.93. The number of hydrogen-bond donors (Lipinski definition) is 3. The van der Waals surface area contributed by atoms with Crippen molar-refractivity contribution in [3.8, 4) is 0 Å². The minimum atomic E-state index is -1.04. The van der Waals surface area contributed by atoms with Gasteiger partial charge in [0.25, 0.3) is 0 Å². The summed E-state index contributed by atoms with van der Waals surface area (Å²) in [5, 5.41) is 18.1. The van der Waals surface area contributed by atoms with Gasteiger partial charge >= 0.3 is 5.97 Å². The number of nitrogens with zero attached hydrogens (tertiary/aromatic N) is 2. The smallest absolute Gasteiger partial charge is 0.335 e. The van der Waals surface area contributed by atoms with E-state index in [-0.39, 0.29) is 29.6 Å². The van der Waals surface area contributed by atoms with Crippen LogP contribution in [0.1, 0.15) is 76.9 Å². The monoisotopic (exact) mass is 606 g/mol. The topological polar surface area (TPSA) is 130 Å². The fourth-order valence-corrected chi connectivity index (χ4v) is 6.65. The van der Waals surface area contributed by atoms with Crippen molar-refractivity contribution in [2.45, 2.75) is 51.4 Å². The first kappa shape index (κ1) is 29.5. The van der Waals surface area contributed by atoms with Crippen LogP contribution in [-0.4, -0.2) is 38.2 Å². The lowest BCUT2D eigenvalue weighted by Gasteiger charge is -2.19. The van der Waals surface area contributed by atoms with Crippen LogP contribution < -0.4 is 10.6 Å². The molecule has 1 saturated carbocycles. The van der Waals surface area contributed by atoms with Crippen molar-refractivity contribution >= 4 is 68.2 Å². The van der Waals surface area contributed by atoms with E-state index in [2.05, 4.69) is 15.6 Å².